The van der Waals surface area contributed by atoms with Crippen LogP contribution in [0.5, 0.6) is 5.75 Å². The molecular formula is C12H11N5OS. The van der Waals surface area contributed by atoms with E-state index in [2.05, 4.69) is 20.2 Å². The molecule has 0 amide bonds. The maximum absolute atomic E-state index is 9.24. The van der Waals surface area contributed by atoms with Crippen LogP contribution in [0, 0.1) is 0 Å². The van der Waals surface area contributed by atoms with Crippen molar-refractivity contribution in [1.82, 2.24) is 20.2 Å². The molecule has 4 N–H and O–H groups in total. The predicted molar refractivity (Wildman–Crippen MR) is 72.8 cm³/mol. The van der Waals surface area contributed by atoms with Crippen molar-refractivity contribution in [2.75, 3.05) is 5.73 Å². The van der Waals surface area contributed by atoms with Gasteiger partial charge in [0, 0.05) is 10.9 Å². The lowest BCUT2D eigenvalue weighted by atomic mass is 10.2. The maximum Gasteiger partial charge on any atom is 0.181 e. The molecule has 7 heteroatoms. The number of rotatable bonds is 3. The largest absolute Gasteiger partial charge is 0.508 e. The lowest BCUT2D eigenvalue weighted by Crippen LogP contribution is -1.92. The van der Waals surface area contributed by atoms with Crippen LogP contribution in [0.2, 0.25) is 0 Å². The summed E-state index contributed by atoms with van der Waals surface area (Å²) in [6, 6.07) is 6.74. The van der Waals surface area contributed by atoms with Crippen molar-refractivity contribution in [2.45, 2.75) is 6.42 Å². The van der Waals surface area contributed by atoms with E-state index in [9.17, 15) is 5.11 Å². The Labute approximate surface area is 113 Å². The smallest absolute Gasteiger partial charge is 0.181 e. The monoisotopic (exact) mass is 273 g/mol. The van der Waals surface area contributed by atoms with E-state index in [-0.39, 0.29) is 5.75 Å². The molecule has 1 aromatic carbocycles. The number of hydrogen-bond acceptors (Lipinski definition) is 6. The van der Waals surface area contributed by atoms with E-state index in [0.29, 0.717) is 17.4 Å². The van der Waals surface area contributed by atoms with Gasteiger partial charge in [-0.1, -0.05) is 0 Å². The normalized spacial score (nSPS) is 10.7. The van der Waals surface area contributed by atoms with Gasteiger partial charge >= 0.3 is 0 Å². The third-order valence-electron chi connectivity index (χ3n) is 2.58. The van der Waals surface area contributed by atoms with Gasteiger partial charge in [0.05, 0.1) is 12.1 Å². The number of nitrogens with two attached hydrogens (primary N) is 1. The summed E-state index contributed by atoms with van der Waals surface area (Å²) in [4.78, 5) is 8.57. The van der Waals surface area contributed by atoms with Crippen molar-refractivity contribution in [3.05, 3.63) is 41.2 Å². The Morgan fingerprint density at radius 1 is 1.21 bits per heavy atom. The Kier molecular flexibility index (Phi) is 2.88. The highest BCUT2D eigenvalue weighted by Crippen LogP contribution is 2.19. The van der Waals surface area contributed by atoms with E-state index in [1.54, 1.807) is 24.3 Å². The second kappa shape index (κ2) is 4.69. The van der Waals surface area contributed by atoms with Crippen LogP contribution in [-0.2, 0) is 6.42 Å². The van der Waals surface area contributed by atoms with Crippen molar-refractivity contribution >= 4 is 16.5 Å². The van der Waals surface area contributed by atoms with Crippen molar-refractivity contribution < 1.29 is 5.11 Å². The number of H-pyrrole nitrogens is 1. The van der Waals surface area contributed by atoms with Gasteiger partial charge in [-0.3, -0.25) is 5.10 Å². The first-order valence-electron chi connectivity index (χ1n) is 5.61. The Hall–Kier alpha value is -2.41. The minimum absolute atomic E-state index is 0.220. The van der Waals surface area contributed by atoms with Gasteiger partial charge in [-0.15, -0.1) is 11.3 Å². The first-order valence-corrected chi connectivity index (χ1v) is 6.49. The van der Waals surface area contributed by atoms with Gasteiger partial charge in [0.2, 0.25) is 0 Å². The fourth-order valence-electron chi connectivity index (χ4n) is 1.69. The third kappa shape index (κ3) is 2.55. The van der Waals surface area contributed by atoms with Gasteiger partial charge in [-0.05, 0) is 24.3 Å². The summed E-state index contributed by atoms with van der Waals surface area (Å²) >= 11 is 1.41. The number of benzene rings is 1. The Bertz CT molecular complexity index is 688. The SMILES string of the molecule is Nc1nc(Cc2nc(-c3ccc(O)cc3)n[nH]2)cs1. The average molecular weight is 273 g/mol. The fraction of sp³-hybridized carbons (Fsp3) is 0.0833. The lowest BCUT2D eigenvalue weighted by molar-refractivity contribution is 0.475. The average Bonchev–Trinajstić information content (AvgIpc) is 3.00. The molecule has 6 nitrogen and oxygen atoms in total. The number of phenolic OH excluding ortho intramolecular Hbond substituents is 1. The zero-order chi connectivity index (χ0) is 13.2. The predicted octanol–water partition coefficient (Wildman–Crippen LogP) is 1.81. The highest BCUT2D eigenvalue weighted by atomic mass is 32.1. The summed E-state index contributed by atoms with van der Waals surface area (Å²) in [5.41, 5.74) is 7.30. The van der Waals surface area contributed by atoms with E-state index in [1.807, 2.05) is 5.38 Å². The molecule has 0 aliphatic heterocycles. The van der Waals surface area contributed by atoms with E-state index < -0.39 is 0 Å². The fourth-order valence-corrected chi connectivity index (χ4v) is 2.25. The molecule has 3 aromatic rings. The van der Waals surface area contributed by atoms with Crippen molar-refractivity contribution in [2.24, 2.45) is 0 Å². The first-order chi connectivity index (χ1) is 9.20. The Morgan fingerprint density at radius 2 is 2.00 bits per heavy atom. The van der Waals surface area contributed by atoms with Gasteiger partial charge in [0.15, 0.2) is 11.0 Å². The van der Waals surface area contributed by atoms with Crippen LogP contribution in [-0.4, -0.2) is 25.3 Å². The van der Waals surface area contributed by atoms with Gasteiger partial charge < -0.3 is 10.8 Å². The van der Waals surface area contributed by atoms with Crippen LogP contribution >= 0.6 is 11.3 Å². The molecule has 0 saturated carbocycles. The lowest BCUT2D eigenvalue weighted by Gasteiger charge is -1.94. The van der Waals surface area contributed by atoms with Crippen molar-refractivity contribution in [3.63, 3.8) is 0 Å². The molecule has 2 aromatic heterocycles. The van der Waals surface area contributed by atoms with Crippen LogP contribution in [0.15, 0.2) is 29.6 Å². The Morgan fingerprint density at radius 3 is 2.68 bits per heavy atom. The summed E-state index contributed by atoms with van der Waals surface area (Å²) in [6.07, 6.45) is 0.568. The number of nitrogens with zero attached hydrogens (tertiary/aromatic N) is 3. The minimum Gasteiger partial charge on any atom is -0.508 e. The first kappa shape index (κ1) is 11.7. The molecule has 0 saturated heterocycles. The zero-order valence-corrected chi connectivity index (χ0v) is 10.7. The van der Waals surface area contributed by atoms with Crippen LogP contribution in [0.4, 0.5) is 5.13 Å². The molecule has 3 rings (SSSR count). The highest BCUT2D eigenvalue weighted by Gasteiger charge is 2.08. The summed E-state index contributed by atoms with van der Waals surface area (Å²) in [6.45, 7) is 0. The maximum atomic E-state index is 9.24. The van der Waals surface area contributed by atoms with E-state index >= 15 is 0 Å². The molecule has 0 unspecified atom stereocenters. The topological polar surface area (TPSA) is 101 Å². The number of nitrogen functional groups attached to an aromatic ring is 1. The van der Waals surface area contributed by atoms with Gasteiger partial charge in [-0.2, -0.15) is 5.10 Å². The van der Waals surface area contributed by atoms with Gasteiger partial charge in [0.25, 0.3) is 0 Å². The molecule has 0 aliphatic carbocycles. The van der Waals surface area contributed by atoms with Crippen LogP contribution < -0.4 is 5.73 Å². The van der Waals surface area contributed by atoms with Gasteiger partial charge in [-0.25, -0.2) is 9.97 Å². The van der Waals surface area contributed by atoms with E-state index in [1.165, 1.54) is 11.3 Å². The van der Waals surface area contributed by atoms with E-state index in [0.717, 1.165) is 17.1 Å². The molecule has 0 fully saturated rings. The summed E-state index contributed by atoms with van der Waals surface area (Å²) < 4.78 is 0. The molecule has 0 radical (unpaired) electrons. The second-order valence-corrected chi connectivity index (χ2v) is 4.90. The van der Waals surface area contributed by atoms with Crippen LogP contribution in [0.1, 0.15) is 11.5 Å². The van der Waals surface area contributed by atoms with E-state index in [4.69, 9.17) is 5.73 Å². The number of aromatic amines is 1. The number of aromatic nitrogens is 4. The number of aromatic hydroxyl groups is 1. The number of thiazole rings is 1. The molecular weight excluding hydrogens is 262 g/mol. The van der Waals surface area contributed by atoms with Crippen molar-refractivity contribution in [3.8, 4) is 17.1 Å². The van der Waals surface area contributed by atoms with Crippen LogP contribution in [0.3, 0.4) is 0 Å². The number of phenols is 1. The number of hydrogen-bond donors (Lipinski definition) is 3. The molecule has 19 heavy (non-hydrogen) atoms. The molecule has 0 bridgehead atoms. The Balaban J connectivity index is 1.81. The summed E-state index contributed by atoms with van der Waals surface area (Å²) in [7, 11) is 0. The number of anilines is 1. The summed E-state index contributed by atoms with van der Waals surface area (Å²) in [5, 5.41) is 18.7. The molecule has 2 heterocycles. The van der Waals surface area contributed by atoms with Crippen LogP contribution in [0.25, 0.3) is 11.4 Å². The van der Waals surface area contributed by atoms with Crippen molar-refractivity contribution in [1.29, 1.82) is 0 Å². The van der Waals surface area contributed by atoms with Gasteiger partial charge in [0.1, 0.15) is 11.6 Å². The molecule has 0 atom stereocenters. The standard InChI is InChI=1S/C12H11N5OS/c13-12-14-8(6-19-12)5-10-15-11(17-16-10)7-1-3-9(18)4-2-7/h1-4,6,18H,5H2,(H2,13,14)(H,15,16,17). The molecule has 96 valence electrons. The minimum atomic E-state index is 0.220. The molecule has 0 spiro atoms. The third-order valence-corrected chi connectivity index (χ3v) is 3.30. The highest BCUT2D eigenvalue weighted by molar-refractivity contribution is 7.13. The number of nitrogens with one attached hydrogen (secondary N) is 1. The second-order valence-electron chi connectivity index (χ2n) is 4.01. The quantitative estimate of drug-likeness (QED) is 0.675. The summed E-state index contributed by atoms with van der Waals surface area (Å²) in [5.74, 6) is 1.55. The zero-order valence-electron chi connectivity index (χ0n) is 9.87. The molecule has 0 aliphatic rings.